The van der Waals surface area contributed by atoms with Gasteiger partial charge in [0, 0.05) is 26.7 Å². The Morgan fingerprint density at radius 2 is 2.26 bits per heavy atom. The van der Waals surface area contributed by atoms with E-state index in [1.165, 1.54) is 11.1 Å². The van der Waals surface area contributed by atoms with E-state index in [-0.39, 0.29) is 24.8 Å². The van der Waals surface area contributed by atoms with Crippen molar-refractivity contribution < 1.29 is 14.6 Å². The molecule has 0 unspecified atom stereocenters. The number of rotatable bonds is 8. The number of aliphatic hydroxyl groups is 1. The highest BCUT2D eigenvalue weighted by Crippen LogP contribution is 2.05. The first-order valence-corrected chi connectivity index (χ1v) is 6.17. The van der Waals surface area contributed by atoms with Crippen molar-refractivity contribution in [3.8, 4) is 0 Å². The molecule has 106 valence electrons. The molecular formula is C12H20N4O3. The smallest absolute Gasteiger partial charge is 0.274 e. The van der Waals surface area contributed by atoms with Crippen LogP contribution in [-0.2, 0) is 4.74 Å². The van der Waals surface area contributed by atoms with Crippen molar-refractivity contribution in [2.75, 3.05) is 45.3 Å². The maximum Gasteiger partial charge on any atom is 0.274 e. The fourth-order valence-electron chi connectivity index (χ4n) is 1.53. The van der Waals surface area contributed by atoms with Gasteiger partial charge in [0.05, 0.1) is 25.6 Å². The Bertz CT molecular complexity index is 400. The molecule has 1 rings (SSSR count). The fourth-order valence-corrected chi connectivity index (χ4v) is 1.53. The van der Waals surface area contributed by atoms with Crippen LogP contribution in [0.25, 0.3) is 0 Å². The number of hydrogen-bond acceptors (Lipinski definition) is 6. The van der Waals surface area contributed by atoms with Gasteiger partial charge in [-0.05, 0) is 6.92 Å². The summed E-state index contributed by atoms with van der Waals surface area (Å²) in [5.41, 5.74) is 0.253. The number of ether oxygens (including phenoxy) is 1. The molecule has 0 fully saturated rings. The van der Waals surface area contributed by atoms with Crippen LogP contribution in [0.3, 0.4) is 0 Å². The van der Waals surface area contributed by atoms with E-state index in [4.69, 9.17) is 9.84 Å². The molecule has 0 atom stereocenters. The maximum absolute atomic E-state index is 12.2. The summed E-state index contributed by atoms with van der Waals surface area (Å²) in [6.45, 7) is 3.60. The average molecular weight is 268 g/mol. The van der Waals surface area contributed by atoms with Crippen LogP contribution in [0.15, 0.2) is 12.4 Å². The highest BCUT2D eigenvalue weighted by atomic mass is 16.5. The molecule has 1 heterocycles. The molecule has 0 radical (unpaired) electrons. The Morgan fingerprint density at radius 3 is 2.89 bits per heavy atom. The minimum atomic E-state index is -0.265. The summed E-state index contributed by atoms with van der Waals surface area (Å²) >= 11 is 0. The summed E-state index contributed by atoms with van der Waals surface area (Å²) in [6.07, 6.45) is 2.98. The van der Waals surface area contributed by atoms with Crippen LogP contribution in [0, 0.1) is 0 Å². The largest absolute Gasteiger partial charge is 0.395 e. The lowest BCUT2D eigenvalue weighted by molar-refractivity contribution is 0.0650. The van der Waals surface area contributed by atoms with Gasteiger partial charge in [-0.3, -0.25) is 9.78 Å². The molecule has 0 bridgehead atoms. The summed E-state index contributed by atoms with van der Waals surface area (Å²) in [4.78, 5) is 21.9. The summed E-state index contributed by atoms with van der Waals surface area (Å²) in [7, 11) is 1.56. The number of anilines is 1. The lowest BCUT2D eigenvalue weighted by Crippen LogP contribution is -2.36. The molecule has 1 aromatic heterocycles. The second-order valence-corrected chi connectivity index (χ2v) is 3.83. The predicted octanol–water partition coefficient (Wildman–Crippen LogP) is -0.0107. The summed E-state index contributed by atoms with van der Waals surface area (Å²) in [6, 6.07) is 0. The number of carbonyl (C=O) groups excluding carboxylic acids is 1. The van der Waals surface area contributed by atoms with Crippen LogP contribution in [-0.4, -0.2) is 65.8 Å². The monoisotopic (exact) mass is 268 g/mol. The molecule has 0 spiro atoms. The number of methoxy groups -OCH3 is 1. The SMILES string of the molecule is CCNc1cncc(C(=O)N(CCO)CCOC)n1. The average Bonchev–Trinajstić information content (AvgIpc) is 2.43. The van der Waals surface area contributed by atoms with E-state index in [0.717, 1.165) is 0 Å². The second-order valence-electron chi connectivity index (χ2n) is 3.83. The third kappa shape index (κ3) is 4.80. The molecule has 1 aromatic rings. The highest BCUT2D eigenvalue weighted by Gasteiger charge is 2.17. The predicted molar refractivity (Wildman–Crippen MR) is 71.1 cm³/mol. The van der Waals surface area contributed by atoms with Crippen LogP contribution in [0.4, 0.5) is 5.82 Å². The van der Waals surface area contributed by atoms with Gasteiger partial charge in [-0.25, -0.2) is 4.98 Å². The van der Waals surface area contributed by atoms with Crippen LogP contribution in [0.5, 0.6) is 0 Å². The molecule has 0 saturated heterocycles. The summed E-state index contributed by atoms with van der Waals surface area (Å²) in [5, 5.41) is 12.0. The van der Waals surface area contributed by atoms with Gasteiger partial charge in [0.25, 0.3) is 5.91 Å². The van der Waals surface area contributed by atoms with Gasteiger partial charge in [-0.2, -0.15) is 0 Å². The van der Waals surface area contributed by atoms with E-state index >= 15 is 0 Å². The minimum Gasteiger partial charge on any atom is -0.395 e. The van der Waals surface area contributed by atoms with Crippen LogP contribution < -0.4 is 5.32 Å². The van der Waals surface area contributed by atoms with Crippen LogP contribution >= 0.6 is 0 Å². The Labute approximate surface area is 112 Å². The van der Waals surface area contributed by atoms with E-state index in [1.54, 1.807) is 13.3 Å². The summed E-state index contributed by atoms with van der Waals surface area (Å²) < 4.78 is 4.94. The third-order valence-corrected chi connectivity index (χ3v) is 2.43. The highest BCUT2D eigenvalue weighted by molar-refractivity contribution is 5.92. The Balaban J connectivity index is 2.79. The second kappa shape index (κ2) is 8.39. The zero-order chi connectivity index (χ0) is 14.1. The van der Waals surface area contributed by atoms with Crippen LogP contribution in [0.2, 0.25) is 0 Å². The quantitative estimate of drug-likeness (QED) is 0.689. The number of carbonyl (C=O) groups is 1. The molecular weight excluding hydrogens is 248 g/mol. The Kier molecular flexibility index (Phi) is 6.76. The first kappa shape index (κ1) is 15.3. The molecule has 7 heteroatoms. The Morgan fingerprint density at radius 1 is 1.47 bits per heavy atom. The molecule has 0 aliphatic rings. The van der Waals surface area contributed by atoms with Crippen LogP contribution in [0.1, 0.15) is 17.4 Å². The Hall–Kier alpha value is -1.73. The molecule has 7 nitrogen and oxygen atoms in total. The summed E-state index contributed by atoms with van der Waals surface area (Å²) in [5.74, 6) is 0.294. The molecule has 0 aliphatic carbocycles. The van der Waals surface area contributed by atoms with Gasteiger partial charge in [0.2, 0.25) is 0 Å². The normalized spacial score (nSPS) is 10.3. The molecule has 19 heavy (non-hydrogen) atoms. The fraction of sp³-hybridized carbons (Fsp3) is 0.583. The number of amides is 1. The van der Waals surface area contributed by atoms with Crippen molar-refractivity contribution in [1.29, 1.82) is 0 Å². The van der Waals surface area contributed by atoms with Crippen molar-refractivity contribution in [2.45, 2.75) is 6.92 Å². The van der Waals surface area contributed by atoms with Gasteiger partial charge in [0.15, 0.2) is 0 Å². The van der Waals surface area contributed by atoms with Gasteiger partial charge in [-0.15, -0.1) is 0 Å². The van der Waals surface area contributed by atoms with Crippen molar-refractivity contribution in [3.63, 3.8) is 0 Å². The van der Waals surface area contributed by atoms with E-state index in [9.17, 15) is 4.79 Å². The zero-order valence-electron chi connectivity index (χ0n) is 11.3. The molecule has 0 aromatic carbocycles. The first-order valence-electron chi connectivity index (χ1n) is 6.17. The van der Waals surface area contributed by atoms with E-state index in [0.29, 0.717) is 25.5 Å². The van der Waals surface area contributed by atoms with Crippen molar-refractivity contribution in [3.05, 3.63) is 18.1 Å². The van der Waals surface area contributed by atoms with Crippen molar-refractivity contribution in [1.82, 2.24) is 14.9 Å². The topological polar surface area (TPSA) is 87.6 Å². The zero-order valence-corrected chi connectivity index (χ0v) is 11.3. The number of nitrogens with zero attached hydrogens (tertiary/aromatic N) is 3. The first-order chi connectivity index (χ1) is 9.22. The van der Waals surface area contributed by atoms with Gasteiger partial charge < -0.3 is 20.1 Å². The number of nitrogens with one attached hydrogen (secondary N) is 1. The van der Waals surface area contributed by atoms with Gasteiger partial charge in [-0.1, -0.05) is 0 Å². The lowest BCUT2D eigenvalue weighted by atomic mass is 10.3. The standard InChI is InChI=1S/C12H20N4O3/c1-3-14-11-9-13-8-10(15-11)12(18)16(4-6-17)5-7-19-2/h8-9,17H,3-7H2,1-2H3,(H,14,15). The number of aromatic nitrogens is 2. The van der Waals surface area contributed by atoms with Gasteiger partial charge >= 0.3 is 0 Å². The lowest BCUT2D eigenvalue weighted by Gasteiger charge is -2.20. The molecule has 0 saturated carbocycles. The van der Waals surface area contributed by atoms with E-state index in [2.05, 4.69) is 15.3 Å². The third-order valence-electron chi connectivity index (χ3n) is 2.43. The molecule has 2 N–H and O–H groups in total. The minimum absolute atomic E-state index is 0.101. The van der Waals surface area contributed by atoms with E-state index in [1.807, 2.05) is 6.92 Å². The van der Waals surface area contributed by atoms with E-state index < -0.39 is 0 Å². The van der Waals surface area contributed by atoms with Gasteiger partial charge in [0.1, 0.15) is 11.5 Å². The number of aliphatic hydroxyl groups excluding tert-OH is 1. The molecule has 1 amide bonds. The maximum atomic E-state index is 12.2. The van der Waals surface area contributed by atoms with Crippen molar-refractivity contribution >= 4 is 11.7 Å². The van der Waals surface area contributed by atoms with Crippen molar-refractivity contribution in [2.24, 2.45) is 0 Å². The number of hydrogen-bond donors (Lipinski definition) is 2. The molecule has 0 aliphatic heterocycles.